The topological polar surface area (TPSA) is 69.6 Å². The highest BCUT2D eigenvalue weighted by Gasteiger charge is 2.11. The summed E-state index contributed by atoms with van der Waals surface area (Å²) in [5.41, 5.74) is 0.0595. The Balaban J connectivity index is 1.92. The summed E-state index contributed by atoms with van der Waals surface area (Å²) >= 11 is 7.27. The highest BCUT2D eigenvalue weighted by atomic mass is 35.5. The van der Waals surface area contributed by atoms with Crippen LogP contribution in [0.4, 0.5) is 0 Å². The number of rotatable bonds is 4. The number of phenols is 2. The van der Waals surface area contributed by atoms with Gasteiger partial charge >= 0.3 is 0 Å². The first-order valence-electron chi connectivity index (χ1n) is 5.60. The molecular formula is C13H12ClNO3S. The van der Waals surface area contributed by atoms with Crippen LogP contribution in [0.1, 0.15) is 15.2 Å². The molecule has 0 unspecified atom stereocenters. The minimum atomic E-state index is -0.420. The van der Waals surface area contributed by atoms with Crippen LogP contribution in [-0.4, -0.2) is 22.7 Å². The summed E-state index contributed by atoms with van der Waals surface area (Å²) in [4.78, 5) is 12.9. The summed E-state index contributed by atoms with van der Waals surface area (Å²) < 4.78 is 0.715. The van der Waals surface area contributed by atoms with Gasteiger partial charge in [-0.05, 0) is 36.8 Å². The van der Waals surface area contributed by atoms with Crippen LogP contribution in [0.5, 0.6) is 11.5 Å². The number of halogens is 1. The number of aromatic hydroxyl groups is 2. The normalized spacial score (nSPS) is 10.4. The molecule has 1 heterocycles. The number of hydrogen-bond acceptors (Lipinski definition) is 4. The van der Waals surface area contributed by atoms with E-state index in [0.717, 1.165) is 4.88 Å². The first kappa shape index (κ1) is 13.7. The number of carbonyl (C=O) groups is 1. The molecule has 3 N–H and O–H groups in total. The van der Waals surface area contributed by atoms with Crippen molar-refractivity contribution >= 4 is 28.8 Å². The smallest absolute Gasteiger partial charge is 0.255 e. The SMILES string of the molecule is O=C(NCCc1ccc(Cl)s1)c1cc(O)ccc1O. The van der Waals surface area contributed by atoms with E-state index in [0.29, 0.717) is 17.3 Å². The molecule has 0 radical (unpaired) electrons. The summed E-state index contributed by atoms with van der Waals surface area (Å²) in [6.45, 7) is 0.435. The molecule has 1 aromatic heterocycles. The molecule has 0 aliphatic rings. The minimum Gasteiger partial charge on any atom is -0.508 e. The first-order valence-corrected chi connectivity index (χ1v) is 6.80. The van der Waals surface area contributed by atoms with Gasteiger partial charge in [-0.3, -0.25) is 4.79 Å². The maximum absolute atomic E-state index is 11.8. The van der Waals surface area contributed by atoms with Crippen molar-refractivity contribution < 1.29 is 15.0 Å². The van der Waals surface area contributed by atoms with E-state index in [4.69, 9.17) is 11.6 Å². The number of carbonyl (C=O) groups excluding carboxylic acids is 1. The predicted molar refractivity (Wildman–Crippen MR) is 75.1 cm³/mol. The van der Waals surface area contributed by atoms with E-state index in [1.54, 1.807) is 0 Å². The summed E-state index contributed by atoms with van der Waals surface area (Å²) in [7, 11) is 0. The van der Waals surface area contributed by atoms with Crippen molar-refractivity contribution in [3.8, 4) is 11.5 Å². The Kier molecular flexibility index (Phi) is 4.29. The molecular weight excluding hydrogens is 286 g/mol. The van der Waals surface area contributed by atoms with Gasteiger partial charge in [-0.15, -0.1) is 11.3 Å². The molecule has 1 amide bonds. The molecule has 1 aromatic carbocycles. The lowest BCUT2D eigenvalue weighted by Crippen LogP contribution is -2.25. The number of phenolic OH excluding ortho intramolecular Hbond substituents is 2. The zero-order valence-corrected chi connectivity index (χ0v) is 11.5. The van der Waals surface area contributed by atoms with Crippen molar-refractivity contribution in [2.24, 2.45) is 0 Å². The van der Waals surface area contributed by atoms with Crippen molar-refractivity contribution in [2.75, 3.05) is 6.54 Å². The fraction of sp³-hybridized carbons (Fsp3) is 0.154. The molecule has 0 spiro atoms. The minimum absolute atomic E-state index is 0.0595. The van der Waals surface area contributed by atoms with Crippen LogP contribution in [0, 0.1) is 0 Å². The fourth-order valence-electron chi connectivity index (χ4n) is 1.59. The van der Waals surface area contributed by atoms with Gasteiger partial charge in [-0.2, -0.15) is 0 Å². The maximum atomic E-state index is 11.8. The number of thiophene rings is 1. The molecule has 2 rings (SSSR count). The zero-order chi connectivity index (χ0) is 13.8. The van der Waals surface area contributed by atoms with Gasteiger partial charge in [0.1, 0.15) is 11.5 Å². The summed E-state index contributed by atoms with van der Waals surface area (Å²) in [6, 6.07) is 7.55. The molecule has 4 nitrogen and oxygen atoms in total. The molecule has 0 fully saturated rings. The van der Waals surface area contributed by atoms with Gasteiger partial charge in [0, 0.05) is 11.4 Å². The van der Waals surface area contributed by atoms with E-state index >= 15 is 0 Å². The third-order valence-corrected chi connectivity index (χ3v) is 3.80. The number of benzene rings is 1. The summed E-state index contributed by atoms with van der Waals surface area (Å²) in [5, 5.41) is 21.5. The fourth-order valence-corrected chi connectivity index (χ4v) is 2.67. The maximum Gasteiger partial charge on any atom is 0.255 e. The van der Waals surface area contributed by atoms with Crippen molar-refractivity contribution in [3.63, 3.8) is 0 Å². The van der Waals surface area contributed by atoms with E-state index in [-0.39, 0.29) is 17.1 Å². The van der Waals surface area contributed by atoms with Gasteiger partial charge in [0.25, 0.3) is 5.91 Å². The van der Waals surface area contributed by atoms with E-state index < -0.39 is 5.91 Å². The van der Waals surface area contributed by atoms with E-state index in [2.05, 4.69) is 5.32 Å². The Bertz CT molecular complexity index is 597. The van der Waals surface area contributed by atoms with Crippen molar-refractivity contribution in [1.29, 1.82) is 0 Å². The van der Waals surface area contributed by atoms with E-state index in [1.807, 2.05) is 12.1 Å². The van der Waals surface area contributed by atoms with Gasteiger partial charge in [0.05, 0.1) is 9.90 Å². The van der Waals surface area contributed by atoms with Gasteiger partial charge in [0.2, 0.25) is 0 Å². The quantitative estimate of drug-likeness (QED) is 0.760. The lowest BCUT2D eigenvalue weighted by molar-refractivity contribution is 0.0951. The lowest BCUT2D eigenvalue weighted by Gasteiger charge is -2.06. The molecule has 0 saturated heterocycles. The summed E-state index contributed by atoms with van der Waals surface area (Å²) in [5.74, 6) is -0.640. The Morgan fingerprint density at radius 2 is 2.05 bits per heavy atom. The second kappa shape index (κ2) is 5.95. The second-order valence-corrected chi connectivity index (χ2v) is 5.71. The third-order valence-electron chi connectivity index (χ3n) is 2.51. The van der Waals surface area contributed by atoms with Gasteiger partial charge in [-0.1, -0.05) is 11.6 Å². The average molecular weight is 298 g/mol. The van der Waals surface area contributed by atoms with E-state index in [9.17, 15) is 15.0 Å². The molecule has 2 aromatic rings. The Morgan fingerprint density at radius 1 is 1.26 bits per heavy atom. The Hall–Kier alpha value is -1.72. The molecule has 6 heteroatoms. The van der Waals surface area contributed by atoms with E-state index in [1.165, 1.54) is 29.5 Å². The molecule has 19 heavy (non-hydrogen) atoms. The van der Waals surface area contributed by atoms with Crippen molar-refractivity contribution in [1.82, 2.24) is 5.32 Å². The molecule has 0 aliphatic carbocycles. The van der Waals surface area contributed by atoms with Gasteiger partial charge < -0.3 is 15.5 Å². The molecule has 0 atom stereocenters. The van der Waals surface area contributed by atoms with Crippen LogP contribution >= 0.6 is 22.9 Å². The highest BCUT2D eigenvalue weighted by Crippen LogP contribution is 2.23. The lowest BCUT2D eigenvalue weighted by atomic mass is 10.1. The summed E-state index contributed by atoms with van der Waals surface area (Å²) in [6.07, 6.45) is 0.669. The van der Waals surface area contributed by atoms with Gasteiger partial charge in [0.15, 0.2) is 0 Å². The first-order chi connectivity index (χ1) is 9.06. The van der Waals surface area contributed by atoms with Crippen LogP contribution in [0.15, 0.2) is 30.3 Å². The van der Waals surface area contributed by atoms with Gasteiger partial charge in [-0.25, -0.2) is 0 Å². The highest BCUT2D eigenvalue weighted by molar-refractivity contribution is 7.16. The Labute approximate surface area is 119 Å². The second-order valence-electron chi connectivity index (χ2n) is 3.91. The molecule has 100 valence electrons. The molecule has 0 saturated carbocycles. The standard InChI is InChI=1S/C13H12ClNO3S/c14-12-4-2-9(19-12)5-6-15-13(18)10-7-8(16)1-3-11(10)17/h1-4,7,16-17H,5-6H2,(H,15,18). The molecule has 0 bridgehead atoms. The third kappa shape index (κ3) is 3.62. The van der Waals surface area contributed by atoms with Crippen LogP contribution in [-0.2, 0) is 6.42 Å². The largest absolute Gasteiger partial charge is 0.508 e. The number of nitrogens with one attached hydrogen (secondary N) is 1. The van der Waals surface area contributed by atoms with Crippen molar-refractivity contribution in [2.45, 2.75) is 6.42 Å². The zero-order valence-electron chi connectivity index (χ0n) is 9.89. The van der Waals surface area contributed by atoms with Crippen LogP contribution in [0.2, 0.25) is 4.34 Å². The molecule has 0 aliphatic heterocycles. The van der Waals surface area contributed by atoms with Crippen LogP contribution in [0.3, 0.4) is 0 Å². The average Bonchev–Trinajstić information content (AvgIpc) is 2.78. The predicted octanol–water partition coefficient (Wildman–Crippen LogP) is 2.79. The monoisotopic (exact) mass is 297 g/mol. The Morgan fingerprint density at radius 3 is 2.74 bits per heavy atom. The number of hydrogen-bond donors (Lipinski definition) is 3. The van der Waals surface area contributed by atoms with Crippen LogP contribution in [0.25, 0.3) is 0 Å². The number of amides is 1. The van der Waals surface area contributed by atoms with Crippen molar-refractivity contribution in [3.05, 3.63) is 45.1 Å². The van der Waals surface area contributed by atoms with Crippen LogP contribution < -0.4 is 5.32 Å².